The van der Waals surface area contributed by atoms with Crippen molar-refractivity contribution >= 4 is 17.5 Å². The normalized spacial score (nSPS) is 20.8. The average molecular weight is 318 g/mol. The molecule has 5 nitrogen and oxygen atoms in total. The van der Waals surface area contributed by atoms with Gasteiger partial charge in [-0.05, 0) is 45.2 Å². The van der Waals surface area contributed by atoms with Crippen molar-refractivity contribution in [2.24, 2.45) is 0 Å². The first-order chi connectivity index (χ1) is 11.0. The standard InChI is InChI=1S/C18H27N3O2/c1-14-7-9-16(10-8-14)19-17(22)12-20(3)18(23)13-21-11-5-4-6-15(21)2/h7-10,15H,4-6,11-13H2,1-3H3,(H,19,22)/p+1/t15-/m0/s1. The molecule has 2 rings (SSSR count). The van der Waals surface area contributed by atoms with E-state index >= 15 is 0 Å². The molecular formula is C18H28N3O2+. The molecule has 0 saturated carbocycles. The largest absolute Gasteiger partial charge is 0.332 e. The maximum atomic E-state index is 12.3. The van der Waals surface area contributed by atoms with E-state index in [0.717, 1.165) is 17.8 Å². The topological polar surface area (TPSA) is 53.9 Å². The van der Waals surface area contributed by atoms with Crippen LogP contribution in [-0.2, 0) is 9.59 Å². The molecule has 0 spiro atoms. The molecule has 23 heavy (non-hydrogen) atoms. The number of quaternary nitrogens is 1. The number of carbonyl (C=O) groups is 2. The second-order valence-corrected chi connectivity index (χ2v) is 6.65. The van der Waals surface area contributed by atoms with E-state index in [4.69, 9.17) is 0 Å². The van der Waals surface area contributed by atoms with Crippen molar-refractivity contribution in [2.45, 2.75) is 39.2 Å². The summed E-state index contributed by atoms with van der Waals surface area (Å²) in [7, 11) is 1.70. The van der Waals surface area contributed by atoms with Gasteiger partial charge in [0.05, 0.1) is 19.1 Å². The minimum absolute atomic E-state index is 0.0350. The van der Waals surface area contributed by atoms with Crippen molar-refractivity contribution in [3.8, 4) is 0 Å². The number of anilines is 1. The van der Waals surface area contributed by atoms with Crippen molar-refractivity contribution in [1.82, 2.24) is 4.90 Å². The molecule has 1 aromatic rings. The molecular weight excluding hydrogens is 290 g/mol. The van der Waals surface area contributed by atoms with E-state index in [1.807, 2.05) is 31.2 Å². The summed E-state index contributed by atoms with van der Waals surface area (Å²) in [6, 6.07) is 8.17. The second kappa shape index (κ2) is 8.11. The van der Waals surface area contributed by atoms with Crippen LogP contribution in [0.15, 0.2) is 24.3 Å². The van der Waals surface area contributed by atoms with Gasteiger partial charge in [-0.3, -0.25) is 9.59 Å². The lowest BCUT2D eigenvalue weighted by Gasteiger charge is -2.30. The molecule has 1 fully saturated rings. The lowest BCUT2D eigenvalue weighted by Crippen LogP contribution is -3.17. The highest BCUT2D eigenvalue weighted by Crippen LogP contribution is 2.08. The summed E-state index contributed by atoms with van der Waals surface area (Å²) in [4.78, 5) is 27.2. The van der Waals surface area contributed by atoms with Gasteiger partial charge in [0.2, 0.25) is 5.91 Å². The van der Waals surface area contributed by atoms with Crippen LogP contribution in [0.25, 0.3) is 0 Å². The van der Waals surface area contributed by atoms with Crippen LogP contribution in [-0.4, -0.2) is 49.4 Å². The molecule has 0 bridgehead atoms. The fraction of sp³-hybridized carbons (Fsp3) is 0.556. The minimum Gasteiger partial charge on any atom is -0.332 e. The zero-order chi connectivity index (χ0) is 16.8. The number of nitrogens with one attached hydrogen (secondary N) is 2. The van der Waals surface area contributed by atoms with Gasteiger partial charge in [0.25, 0.3) is 5.91 Å². The highest BCUT2D eigenvalue weighted by Gasteiger charge is 2.26. The summed E-state index contributed by atoms with van der Waals surface area (Å²) in [5, 5.41) is 2.83. The molecule has 1 unspecified atom stereocenters. The Hall–Kier alpha value is -1.88. The Morgan fingerprint density at radius 1 is 1.26 bits per heavy atom. The fourth-order valence-electron chi connectivity index (χ4n) is 2.99. The number of hydrogen-bond acceptors (Lipinski definition) is 2. The van der Waals surface area contributed by atoms with Gasteiger partial charge in [-0.25, -0.2) is 0 Å². The van der Waals surface area contributed by atoms with Crippen LogP contribution in [0.4, 0.5) is 5.69 Å². The first-order valence-corrected chi connectivity index (χ1v) is 8.41. The summed E-state index contributed by atoms with van der Waals surface area (Å²) < 4.78 is 0. The Morgan fingerprint density at radius 2 is 1.96 bits per heavy atom. The zero-order valence-corrected chi connectivity index (χ0v) is 14.4. The van der Waals surface area contributed by atoms with Crippen molar-refractivity contribution in [1.29, 1.82) is 0 Å². The lowest BCUT2D eigenvalue weighted by atomic mass is 10.0. The molecule has 1 aliphatic rings. The molecule has 1 saturated heterocycles. The van der Waals surface area contributed by atoms with Crippen LogP contribution in [0.2, 0.25) is 0 Å². The van der Waals surface area contributed by atoms with Gasteiger partial charge < -0.3 is 15.1 Å². The quantitative estimate of drug-likeness (QED) is 0.846. The van der Waals surface area contributed by atoms with Crippen molar-refractivity contribution in [3.63, 3.8) is 0 Å². The van der Waals surface area contributed by atoms with E-state index in [1.165, 1.54) is 29.1 Å². The van der Waals surface area contributed by atoms with Gasteiger partial charge in [-0.15, -0.1) is 0 Å². The van der Waals surface area contributed by atoms with E-state index in [9.17, 15) is 9.59 Å². The summed E-state index contributed by atoms with van der Waals surface area (Å²) in [6.45, 7) is 5.83. The number of carbonyl (C=O) groups excluding carboxylic acids is 2. The number of nitrogens with zero attached hydrogens (tertiary/aromatic N) is 1. The smallest absolute Gasteiger partial charge is 0.277 e. The lowest BCUT2D eigenvalue weighted by molar-refractivity contribution is -0.921. The molecule has 126 valence electrons. The van der Waals surface area contributed by atoms with Crippen molar-refractivity contribution in [2.75, 3.05) is 32.0 Å². The van der Waals surface area contributed by atoms with Crippen molar-refractivity contribution in [3.05, 3.63) is 29.8 Å². The third kappa shape index (κ3) is 5.36. The molecule has 2 atom stereocenters. The van der Waals surface area contributed by atoms with Gasteiger partial charge in [-0.2, -0.15) is 0 Å². The zero-order valence-electron chi connectivity index (χ0n) is 14.4. The number of amides is 2. The predicted octanol–water partition coefficient (Wildman–Crippen LogP) is 0.849. The molecule has 1 heterocycles. The molecule has 0 aromatic heterocycles. The Labute approximate surface area is 138 Å². The van der Waals surface area contributed by atoms with Gasteiger partial charge in [0, 0.05) is 12.7 Å². The third-order valence-electron chi connectivity index (χ3n) is 4.60. The number of aryl methyl sites for hydroxylation is 1. The highest BCUT2D eigenvalue weighted by atomic mass is 16.2. The number of likely N-dealkylation sites (N-methyl/N-ethyl adjacent to an activating group) is 1. The SMILES string of the molecule is Cc1ccc(NC(=O)CN(C)C(=O)C[NH+]2CCCC[C@@H]2C)cc1. The Kier molecular flexibility index (Phi) is 6.16. The summed E-state index contributed by atoms with van der Waals surface area (Å²) in [5.74, 6) is -0.126. The van der Waals surface area contributed by atoms with Crippen molar-refractivity contribution < 1.29 is 14.5 Å². The monoisotopic (exact) mass is 318 g/mol. The number of benzene rings is 1. The minimum atomic E-state index is -0.161. The molecule has 0 aliphatic carbocycles. The number of rotatable bonds is 5. The van der Waals surface area contributed by atoms with Gasteiger partial charge in [-0.1, -0.05) is 17.7 Å². The molecule has 1 aliphatic heterocycles. The molecule has 2 amide bonds. The van der Waals surface area contributed by atoms with Crippen LogP contribution in [0, 0.1) is 6.92 Å². The molecule has 1 aromatic carbocycles. The van der Waals surface area contributed by atoms with Crippen LogP contribution in [0.3, 0.4) is 0 Å². The third-order valence-corrected chi connectivity index (χ3v) is 4.60. The second-order valence-electron chi connectivity index (χ2n) is 6.65. The Balaban J connectivity index is 1.80. The van der Waals surface area contributed by atoms with Crippen LogP contribution in [0.1, 0.15) is 31.7 Å². The summed E-state index contributed by atoms with van der Waals surface area (Å²) in [6.07, 6.45) is 3.62. The number of piperidine rings is 1. The number of likely N-dealkylation sites (tertiary alicyclic amines) is 1. The molecule has 2 N–H and O–H groups in total. The van der Waals surface area contributed by atoms with E-state index in [-0.39, 0.29) is 18.4 Å². The Morgan fingerprint density at radius 3 is 2.61 bits per heavy atom. The van der Waals surface area contributed by atoms with E-state index in [1.54, 1.807) is 7.05 Å². The average Bonchev–Trinajstić information content (AvgIpc) is 2.51. The maximum Gasteiger partial charge on any atom is 0.277 e. The van der Waals surface area contributed by atoms with Gasteiger partial charge in [0.15, 0.2) is 6.54 Å². The Bertz CT molecular complexity index is 542. The summed E-state index contributed by atoms with van der Waals surface area (Å²) in [5.41, 5.74) is 1.91. The van der Waals surface area contributed by atoms with Gasteiger partial charge >= 0.3 is 0 Å². The van der Waals surface area contributed by atoms with Crippen LogP contribution >= 0.6 is 0 Å². The van der Waals surface area contributed by atoms with Crippen LogP contribution in [0.5, 0.6) is 0 Å². The first-order valence-electron chi connectivity index (χ1n) is 8.41. The van der Waals surface area contributed by atoms with E-state index in [0.29, 0.717) is 12.6 Å². The van der Waals surface area contributed by atoms with E-state index in [2.05, 4.69) is 12.2 Å². The first kappa shape index (κ1) is 17.5. The van der Waals surface area contributed by atoms with Crippen LogP contribution < -0.4 is 10.2 Å². The fourth-order valence-corrected chi connectivity index (χ4v) is 2.99. The highest BCUT2D eigenvalue weighted by molar-refractivity contribution is 5.94. The van der Waals surface area contributed by atoms with E-state index < -0.39 is 0 Å². The summed E-state index contributed by atoms with van der Waals surface area (Å²) >= 11 is 0. The number of hydrogen-bond donors (Lipinski definition) is 2. The molecule has 5 heteroatoms. The maximum absolute atomic E-state index is 12.3. The van der Waals surface area contributed by atoms with Gasteiger partial charge in [0.1, 0.15) is 0 Å². The molecule has 0 radical (unpaired) electrons. The predicted molar refractivity (Wildman–Crippen MR) is 91.5 cm³/mol.